The summed E-state index contributed by atoms with van der Waals surface area (Å²) in [5, 5.41) is 23.5. The van der Waals surface area contributed by atoms with E-state index in [9.17, 15) is 19.1 Å². The van der Waals surface area contributed by atoms with Crippen LogP contribution in [0.25, 0.3) is 0 Å². The molecular weight excluding hydrogens is 567 g/mol. The van der Waals surface area contributed by atoms with Gasteiger partial charge in [-0.2, -0.15) is 0 Å². The van der Waals surface area contributed by atoms with Crippen LogP contribution in [0.1, 0.15) is 88.7 Å². The first-order chi connectivity index (χ1) is 19.3. The largest absolute Gasteiger partial charge is 0.394 e. The zero-order valence-corrected chi connectivity index (χ0v) is 27.1. The molecular formula is C31H48ClFN2O5S. The quantitative estimate of drug-likeness (QED) is 0.213. The number of aryl methyl sites for hydroxylation is 1. The van der Waals surface area contributed by atoms with Crippen LogP contribution in [0.2, 0.25) is 5.02 Å². The van der Waals surface area contributed by atoms with Crippen LogP contribution in [-0.4, -0.2) is 45.3 Å². The molecule has 1 fully saturated rings. The van der Waals surface area contributed by atoms with Gasteiger partial charge in [0, 0.05) is 36.3 Å². The molecule has 1 aliphatic rings. The molecule has 2 aromatic carbocycles. The Morgan fingerprint density at radius 2 is 1.80 bits per heavy atom. The molecule has 4 unspecified atom stereocenters. The normalized spacial score (nSPS) is 18.2. The molecule has 4 atom stereocenters. The topological polar surface area (TPSA) is 119 Å². The molecule has 1 aliphatic carbocycles. The maximum Gasteiger partial charge on any atom is 0.255 e. The van der Waals surface area contributed by atoms with Gasteiger partial charge in [0.15, 0.2) is 0 Å². The molecule has 5 N–H and O–H groups in total. The van der Waals surface area contributed by atoms with Crippen LogP contribution in [0, 0.1) is 31.5 Å². The number of halogens is 2. The van der Waals surface area contributed by atoms with Crippen LogP contribution in [0.3, 0.4) is 0 Å². The Bertz CT molecular complexity index is 1070. The van der Waals surface area contributed by atoms with E-state index in [-0.39, 0.29) is 30.5 Å². The van der Waals surface area contributed by atoms with Gasteiger partial charge < -0.3 is 25.4 Å². The average Bonchev–Trinajstić information content (AvgIpc) is 2.94. The van der Waals surface area contributed by atoms with Crippen LogP contribution in [0.5, 0.6) is 0 Å². The van der Waals surface area contributed by atoms with E-state index in [1.54, 1.807) is 26.8 Å². The molecule has 1 saturated carbocycles. The Hall–Kier alpha value is -2.17. The fourth-order valence-corrected chi connectivity index (χ4v) is 4.71. The number of amides is 2. The van der Waals surface area contributed by atoms with Crippen molar-refractivity contribution < 1.29 is 28.7 Å². The third-order valence-electron chi connectivity index (χ3n) is 6.70. The van der Waals surface area contributed by atoms with Gasteiger partial charge in [0.25, 0.3) is 5.91 Å². The summed E-state index contributed by atoms with van der Waals surface area (Å²) >= 11 is 6.33. The van der Waals surface area contributed by atoms with Crippen LogP contribution >= 0.6 is 23.6 Å². The molecule has 0 aromatic heterocycles. The van der Waals surface area contributed by atoms with Crippen molar-refractivity contribution in [1.29, 1.82) is 0 Å². The number of anilines is 1. The Morgan fingerprint density at radius 3 is 2.27 bits per heavy atom. The summed E-state index contributed by atoms with van der Waals surface area (Å²) in [6.45, 7) is 14.9. The number of carbonyl (C=O) groups excluding carboxylic acids is 2. The predicted octanol–water partition coefficient (Wildman–Crippen LogP) is 7.64. The third-order valence-corrected chi connectivity index (χ3v) is 7.68. The van der Waals surface area contributed by atoms with Crippen molar-refractivity contribution in [3.63, 3.8) is 0 Å². The first kappa shape index (κ1) is 38.8. The van der Waals surface area contributed by atoms with Gasteiger partial charge in [-0.3, -0.25) is 9.59 Å². The second kappa shape index (κ2) is 20.7. The number of hydrogen-bond donors (Lipinski definition) is 5. The van der Waals surface area contributed by atoms with E-state index in [0.29, 0.717) is 50.6 Å². The smallest absolute Gasteiger partial charge is 0.255 e. The summed E-state index contributed by atoms with van der Waals surface area (Å²) in [7, 11) is 0. The average molecular weight is 615 g/mol. The summed E-state index contributed by atoms with van der Waals surface area (Å²) in [5.41, 5.74) is 2.02. The Balaban J connectivity index is 0.000000664. The molecule has 2 aromatic rings. The maximum atomic E-state index is 13.7. The van der Waals surface area contributed by atoms with E-state index in [4.69, 9.17) is 21.3 Å². The lowest BCUT2D eigenvalue weighted by atomic mass is 9.78. The lowest BCUT2D eigenvalue weighted by molar-refractivity contribution is -0.119. The summed E-state index contributed by atoms with van der Waals surface area (Å²) < 4.78 is 22.7. The highest BCUT2D eigenvalue weighted by Crippen LogP contribution is 2.31. The van der Waals surface area contributed by atoms with Gasteiger partial charge in [-0.15, -0.1) is 0 Å². The Kier molecular flexibility index (Phi) is 19.6. The number of aliphatic hydroxyl groups is 2. The van der Waals surface area contributed by atoms with Crippen molar-refractivity contribution in [2.24, 2.45) is 11.8 Å². The molecule has 3 rings (SSSR count). The fourth-order valence-electron chi connectivity index (χ4n) is 4.15. The van der Waals surface area contributed by atoms with Gasteiger partial charge in [-0.05, 0) is 86.9 Å². The minimum atomic E-state index is -0.399. The number of hydrogen-bond acceptors (Lipinski definition) is 6. The van der Waals surface area contributed by atoms with E-state index < -0.39 is 5.91 Å². The van der Waals surface area contributed by atoms with Gasteiger partial charge in [0.05, 0.1) is 22.6 Å². The summed E-state index contributed by atoms with van der Waals surface area (Å²) in [4.78, 5) is 22.7. The highest BCUT2D eigenvalue weighted by Gasteiger charge is 2.27. The highest BCUT2D eigenvalue weighted by atomic mass is 35.5. The fraction of sp³-hybridized carbons (Fsp3) is 0.548. The second-order valence-electron chi connectivity index (χ2n) is 9.94. The SMILES string of the molecule is CC.CC(=O)NC(C)CO.CCC1CCCC(C)C1O.Cc1cc(NC(=O)c2ccc(Cl)c(SO)c2)cc(F)c1C. The first-order valence-electron chi connectivity index (χ1n) is 14.1. The van der Waals surface area contributed by atoms with Crippen LogP contribution < -0.4 is 10.6 Å². The number of benzene rings is 2. The van der Waals surface area contributed by atoms with E-state index in [0.717, 1.165) is 12.0 Å². The molecule has 10 heteroatoms. The maximum absolute atomic E-state index is 13.7. The van der Waals surface area contributed by atoms with Crippen molar-refractivity contribution in [2.75, 3.05) is 11.9 Å². The van der Waals surface area contributed by atoms with Crippen molar-refractivity contribution in [3.8, 4) is 0 Å². The monoisotopic (exact) mass is 614 g/mol. The second-order valence-corrected chi connectivity index (χ2v) is 11.0. The molecule has 0 heterocycles. The first-order valence-corrected chi connectivity index (χ1v) is 15.2. The molecule has 0 aliphatic heterocycles. The number of carbonyl (C=O) groups is 2. The number of aliphatic hydroxyl groups excluding tert-OH is 2. The number of nitrogens with one attached hydrogen (secondary N) is 2. The highest BCUT2D eigenvalue weighted by molar-refractivity contribution is 7.93. The van der Waals surface area contributed by atoms with Crippen molar-refractivity contribution in [2.45, 2.75) is 98.1 Å². The third kappa shape index (κ3) is 14.0. The predicted molar refractivity (Wildman–Crippen MR) is 168 cm³/mol. The molecule has 7 nitrogen and oxygen atoms in total. The molecule has 0 spiro atoms. The Morgan fingerprint density at radius 1 is 1.17 bits per heavy atom. The minimum Gasteiger partial charge on any atom is -0.394 e. The van der Waals surface area contributed by atoms with Gasteiger partial charge in [-0.25, -0.2) is 4.39 Å². The molecule has 2 amide bonds. The van der Waals surface area contributed by atoms with Crippen LogP contribution in [0.4, 0.5) is 10.1 Å². The van der Waals surface area contributed by atoms with Crippen molar-refractivity contribution in [1.82, 2.24) is 5.32 Å². The van der Waals surface area contributed by atoms with Gasteiger partial charge in [0.1, 0.15) is 5.82 Å². The van der Waals surface area contributed by atoms with Gasteiger partial charge in [0.2, 0.25) is 5.91 Å². The van der Waals surface area contributed by atoms with E-state index in [1.165, 1.54) is 50.5 Å². The standard InChI is InChI=1S/C15H13ClFNO2S.C9H18O.C5H11NO2.C2H6/c1-8-5-11(7-13(17)9(8)2)18-15(19)10-3-4-12(16)14(6-10)21-20;1-3-8-6-4-5-7(2)9(8)10;1-4(3-7)6-5(2)8;1-2/h3-7,20H,1-2H3,(H,18,19);7-10H,3-6H2,1-2H3;4,7H,3H2,1-2H3,(H,6,8);1-2H3. The number of rotatable bonds is 6. The Labute approximate surface area is 254 Å². The minimum absolute atomic E-state index is 0.000417. The lowest BCUT2D eigenvalue weighted by Crippen LogP contribution is -2.32. The van der Waals surface area contributed by atoms with E-state index >= 15 is 0 Å². The molecule has 232 valence electrons. The van der Waals surface area contributed by atoms with Crippen molar-refractivity contribution >= 4 is 41.1 Å². The van der Waals surface area contributed by atoms with Gasteiger partial charge >= 0.3 is 0 Å². The van der Waals surface area contributed by atoms with Crippen molar-refractivity contribution in [3.05, 3.63) is 57.9 Å². The molecule has 41 heavy (non-hydrogen) atoms. The lowest BCUT2D eigenvalue weighted by Gasteiger charge is -2.31. The summed E-state index contributed by atoms with van der Waals surface area (Å²) in [6.07, 6.45) is 4.90. The molecule has 0 saturated heterocycles. The summed E-state index contributed by atoms with van der Waals surface area (Å²) in [6, 6.07) is 7.39. The zero-order chi connectivity index (χ0) is 31.7. The van der Waals surface area contributed by atoms with E-state index in [1.807, 2.05) is 13.8 Å². The molecule has 0 bridgehead atoms. The zero-order valence-electron chi connectivity index (χ0n) is 25.6. The van der Waals surface area contributed by atoms with Crippen LogP contribution in [0.15, 0.2) is 35.2 Å². The van der Waals surface area contributed by atoms with Crippen LogP contribution in [-0.2, 0) is 4.79 Å². The molecule has 0 radical (unpaired) electrons. The van der Waals surface area contributed by atoms with E-state index in [2.05, 4.69) is 24.5 Å². The van der Waals surface area contributed by atoms with Gasteiger partial charge in [-0.1, -0.05) is 52.1 Å². The summed E-state index contributed by atoms with van der Waals surface area (Å²) in [5.74, 6) is 0.256.